The molecule has 0 aromatic heterocycles. The Hall–Kier alpha value is -3.78. The van der Waals surface area contributed by atoms with E-state index in [1.165, 1.54) is 17.0 Å². The minimum absolute atomic E-state index is 0.00109. The van der Waals surface area contributed by atoms with Crippen LogP contribution < -0.4 is 20.3 Å². The van der Waals surface area contributed by atoms with Crippen molar-refractivity contribution in [3.63, 3.8) is 0 Å². The average Bonchev–Trinajstić information content (AvgIpc) is 3.12. The van der Waals surface area contributed by atoms with Gasteiger partial charge in [0.25, 0.3) is 0 Å². The maximum absolute atomic E-state index is 14.0. The Kier molecular flexibility index (Phi) is 11.2. The van der Waals surface area contributed by atoms with Gasteiger partial charge in [0.1, 0.15) is 6.04 Å². The van der Waals surface area contributed by atoms with E-state index in [0.29, 0.717) is 27.9 Å². The van der Waals surface area contributed by atoms with Gasteiger partial charge in [-0.05, 0) is 74.6 Å². The average molecular weight is 675 g/mol. The number of hydrogen-bond acceptors (Lipinski definition) is 6. The number of hydrogen-bond donors (Lipinski definition) is 4. The maximum Gasteiger partial charge on any atom is 0.416 e. The van der Waals surface area contributed by atoms with Crippen LogP contribution >= 0.6 is 0 Å². The van der Waals surface area contributed by atoms with Crippen LogP contribution in [0.4, 0.5) is 18.9 Å². The highest BCUT2D eigenvalue weighted by Crippen LogP contribution is 2.36. The van der Waals surface area contributed by atoms with Crippen LogP contribution in [0.3, 0.4) is 0 Å². The second-order valence-corrected chi connectivity index (χ2v) is 14.1. The molecule has 0 saturated carbocycles. The lowest BCUT2D eigenvalue weighted by molar-refractivity contribution is -0.137. The van der Waals surface area contributed by atoms with Gasteiger partial charge in [0, 0.05) is 36.3 Å². The summed E-state index contributed by atoms with van der Waals surface area (Å²) in [6.07, 6.45) is -4.95. The molecule has 0 aliphatic carbocycles. The molecule has 1 aliphatic heterocycles. The zero-order chi connectivity index (χ0) is 34.6. The van der Waals surface area contributed by atoms with E-state index in [0.717, 1.165) is 12.1 Å². The number of aliphatic hydroxyl groups is 1. The fourth-order valence-electron chi connectivity index (χ4n) is 5.57. The first kappa shape index (κ1) is 36.1. The lowest BCUT2D eigenvalue weighted by Gasteiger charge is -2.29. The summed E-state index contributed by atoms with van der Waals surface area (Å²) in [5.41, 5.74) is 0.909. The van der Waals surface area contributed by atoms with E-state index in [-0.39, 0.29) is 43.8 Å². The number of aryl methyl sites for hydroxylation is 1. The van der Waals surface area contributed by atoms with Crippen LogP contribution in [0.1, 0.15) is 57.2 Å². The third kappa shape index (κ3) is 9.19. The summed E-state index contributed by atoms with van der Waals surface area (Å²) >= 11 is 0. The summed E-state index contributed by atoms with van der Waals surface area (Å²) in [6.45, 7) is 7.39. The van der Waals surface area contributed by atoms with Crippen LogP contribution in [-0.2, 0) is 38.8 Å². The molecule has 1 heterocycles. The number of alkyl halides is 3. The van der Waals surface area contributed by atoms with E-state index in [9.17, 15) is 36.3 Å². The molecule has 254 valence electrons. The van der Waals surface area contributed by atoms with Crippen molar-refractivity contribution >= 4 is 27.5 Å². The molecule has 0 bridgehead atoms. The van der Waals surface area contributed by atoms with E-state index >= 15 is 0 Å². The van der Waals surface area contributed by atoms with Gasteiger partial charge in [0.2, 0.25) is 21.8 Å². The van der Waals surface area contributed by atoms with Gasteiger partial charge < -0.3 is 20.6 Å². The molecule has 0 fully saturated rings. The van der Waals surface area contributed by atoms with Crippen molar-refractivity contribution < 1.29 is 36.3 Å². The number of nitrogens with one attached hydrogen (secondary N) is 3. The van der Waals surface area contributed by atoms with Gasteiger partial charge in [-0.15, -0.1) is 0 Å². The fourth-order valence-corrected chi connectivity index (χ4v) is 6.83. The van der Waals surface area contributed by atoms with Crippen molar-refractivity contribution in [3.05, 3.63) is 83.4 Å². The van der Waals surface area contributed by atoms with E-state index in [4.69, 9.17) is 0 Å². The quantitative estimate of drug-likeness (QED) is 0.219. The summed E-state index contributed by atoms with van der Waals surface area (Å²) in [5.74, 6) is -0.873. The SMILES string of the molecule is CCNS(=O)(=O)c1ccccc1-c1ccc(CN2C(=O)[C@H](NC(=O)CC(C)(C)NC[C@@H](C)O)CCc3cc(C(F)(F)F)ccc32)cc1. The number of amides is 2. The highest BCUT2D eigenvalue weighted by Gasteiger charge is 2.36. The third-order valence-electron chi connectivity index (χ3n) is 7.89. The molecule has 0 radical (unpaired) electrons. The second-order valence-electron chi connectivity index (χ2n) is 12.4. The molecule has 4 rings (SSSR count). The zero-order valence-corrected chi connectivity index (χ0v) is 27.6. The highest BCUT2D eigenvalue weighted by atomic mass is 32.2. The van der Waals surface area contributed by atoms with Gasteiger partial charge >= 0.3 is 6.18 Å². The van der Waals surface area contributed by atoms with Crippen LogP contribution in [0.25, 0.3) is 11.1 Å². The fraction of sp³-hybridized carbons (Fsp3) is 0.412. The molecule has 3 aromatic rings. The number of carbonyl (C=O) groups is 2. The Balaban J connectivity index is 1.63. The molecule has 9 nitrogen and oxygen atoms in total. The van der Waals surface area contributed by atoms with Crippen molar-refractivity contribution in [2.75, 3.05) is 18.0 Å². The van der Waals surface area contributed by atoms with Gasteiger partial charge in [-0.2, -0.15) is 13.2 Å². The first-order valence-electron chi connectivity index (χ1n) is 15.4. The summed E-state index contributed by atoms with van der Waals surface area (Å²) in [6, 6.07) is 15.8. The number of rotatable bonds is 12. The first-order valence-corrected chi connectivity index (χ1v) is 16.9. The molecule has 13 heteroatoms. The predicted molar refractivity (Wildman–Crippen MR) is 174 cm³/mol. The molecule has 1 aliphatic rings. The van der Waals surface area contributed by atoms with E-state index in [2.05, 4.69) is 15.4 Å². The first-order chi connectivity index (χ1) is 22.0. The second kappa shape index (κ2) is 14.5. The summed E-state index contributed by atoms with van der Waals surface area (Å²) in [4.78, 5) is 28.6. The smallest absolute Gasteiger partial charge is 0.392 e. The third-order valence-corrected chi connectivity index (χ3v) is 9.50. The normalized spacial score (nSPS) is 16.4. The van der Waals surface area contributed by atoms with Crippen molar-refractivity contribution in [1.29, 1.82) is 0 Å². The molecule has 2 atom stereocenters. The van der Waals surface area contributed by atoms with Crippen molar-refractivity contribution in [3.8, 4) is 11.1 Å². The number of sulfonamides is 1. The number of benzene rings is 3. The Morgan fingerprint density at radius 3 is 2.38 bits per heavy atom. The number of carbonyl (C=O) groups excluding carboxylic acids is 2. The molecular weight excluding hydrogens is 633 g/mol. The Bertz CT molecular complexity index is 1690. The number of aliphatic hydroxyl groups excluding tert-OH is 1. The van der Waals surface area contributed by atoms with Gasteiger partial charge in [-0.1, -0.05) is 49.4 Å². The van der Waals surface area contributed by atoms with E-state index in [1.807, 2.05) is 0 Å². The summed E-state index contributed by atoms with van der Waals surface area (Å²) in [7, 11) is -3.75. The molecule has 2 amide bonds. The maximum atomic E-state index is 14.0. The minimum Gasteiger partial charge on any atom is -0.392 e. The van der Waals surface area contributed by atoms with Crippen LogP contribution in [0.2, 0.25) is 0 Å². The van der Waals surface area contributed by atoms with Crippen LogP contribution in [0.15, 0.2) is 71.6 Å². The Labute approximate surface area is 273 Å². The number of β-amino-alcohol motifs (C(OH)–C–C–N with tert-alkyl or cyclic N) is 1. The molecule has 4 N–H and O–H groups in total. The predicted octanol–water partition coefficient (Wildman–Crippen LogP) is 4.77. The summed E-state index contributed by atoms with van der Waals surface area (Å²) < 4.78 is 69.0. The lowest BCUT2D eigenvalue weighted by atomic mass is 9.99. The highest BCUT2D eigenvalue weighted by molar-refractivity contribution is 7.89. The van der Waals surface area contributed by atoms with E-state index in [1.54, 1.807) is 70.2 Å². The number of nitrogens with zero attached hydrogens (tertiary/aromatic N) is 1. The molecule has 3 aromatic carbocycles. The summed E-state index contributed by atoms with van der Waals surface area (Å²) in [5, 5.41) is 15.5. The topological polar surface area (TPSA) is 128 Å². The van der Waals surface area contributed by atoms with Gasteiger partial charge in [0.15, 0.2) is 0 Å². The van der Waals surface area contributed by atoms with Crippen LogP contribution in [0, 0.1) is 0 Å². The van der Waals surface area contributed by atoms with Crippen LogP contribution in [0.5, 0.6) is 0 Å². The molecule has 47 heavy (non-hydrogen) atoms. The van der Waals surface area contributed by atoms with Crippen molar-refractivity contribution in [2.45, 2.75) is 82.3 Å². The molecular formula is C34H41F3N4O5S. The molecule has 0 spiro atoms. The van der Waals surface area contributed by atoms with Gasteiger partial charge in [-0.25, -0.2) is 13.1 Å². The molecule has 0 unspecified atom stereocenters. The Morgan fingerprint density at radius 2 is 1.74 bits per heavy atom. The molecule has 0 saturated heterocycles. The zero-order valence-electron chi connectivity index (χ0n) is 26.8. The monoisotopic (exact) mass is 674 g/mol. The lowest BCUT2D eigenvalue weighted by Crippen LogP contribution is -2.51. The van der Waals surface area contributed by atoms with Crippen molar-refractivity contribution in [1.82, 2.24) is 15.4 Å². The standard InChI is InChI=1S/C34H41F3N4O5S/c1-5-39-47(45,46)30-9-7-6-8-27(30)24-12-10-23(11-13-24)21-41-29-17-15-26(34(35,36)37)18-25(29)14-16-28(32(41)44)40-31(43)19-33(3,4)38-20-22(2)42/h6-13,15,17-18,22,28,38-39,42H,5,14,16,19-21H2,1-4H3,(H,40,43)/t22-,28-/m1/s1. The van der Waals surface area contributed by atoms with Gasteiger partial charge in [0.05, 0.1) is 23.1 Å². The van der Waals surface area contributed by atoms with Crippen molar-refractivity contribution in [2.24, 2.45) is 0 Å². The minimum atomic E-state index is -4.57. The number of fused-ring (bicyclic) bond motifs is 1. The Morgan fingerprint density at radius 1 is 1.06 bits per heavy atom. The number of halogens is 3. The number of anilines is 1. The van der Waals surface area contributed by atoms with E-state index < -0.39 is 51.3 Å². The largest absolute Gasteiger partial charge is 0.416 e. The van der Waals surface area contributed by atoms with Crippen LogP contribution in [-0.4, -0.2) is 56.1 Å². The van der Waals surface area contributed by atoms with Gasteiger partial charge in [-0.3, -0.25) is 9.59 Å².